The summed E-state index contributed by atoms with van der Waals surface area (Å²) in [6, 6.07) is -5.56. The summed E-state index contributed by atoms with van der Waals surface area (Å²) in [6.07, 6.45) is 0. The molecular formula is C34H21NO. The molecule has 0 saturated carbocycles. The third-order valence-corrected chi connectivity index (χ3v) is 6.20. The Hall–Kier alpha value is -4.82. The van der Waals surface area contributed by atoms with E-state index in [0.29, 0.717) is 5.56 Å². The van der Waals surface area contributed by atoms with Crippen molar-refractivity contribution >= 4 is 32.6 Å². The molecule has 2 nitrogen and oxygen atoms in total. The Bertz CT molecular complexity index is 2870. The third kappa shape index (κ3) is 2.61. The van der Waals surface area contributed by atoms with E-state index in [1.165, 1.54) is 0 Å². The molecule has 7 aromatic rings. The van der Waals surface area contributed by atoms with E-state index < -0.39 is 125 Å². The lowest BCUT2D eigenvalue weighted by Gasteiger charge is -2.22. The minimum Gasteiger partial charge on any atom is -0.456 e. The van der Waals surface area contributed by atoms with Crippen molar-refractivity contribution in [2.24, 2.45) is 0 Å². The Morgan fingerprint density at radius 1 is 0.500 bits per heavy atom. The van der Waals surface area contributed by atoms with Crippen LogP contribution in [0.5, 0.6) is 11.5 Å². The third-order valence-electron chi connectivity index (χ3n) is 6.20. The maximum Gasteiger partial charge on any atom is 0.135 e. The molecule has 0 saturated heterocycles. The molecule has 1 aromatic heterocycles. The average molecular weight is 477 g/mol. The Balaban J connectivity index is 1.72. The lowest BCUT2D eigenvalue weighted by molar-refractivity contribution is 0.487. The van der Waals surface area contributed by atoms with Gasteiger partial charge in [-0.05, 0) is 58.4 Å². The summed E-state index contributed by atoms with van der Waals surface area (Å²) in [5.41, 5.74) is -1.93. The molecule has 0 aliphatic carbocycles. The zero-order valence-electron chi connectivity index (χ0n) is 35.2. The lowest BCUT2D eigenvalue weighted by Crippen LogP contribution is -1.97. The summed E-state index contributed by atoms with van der Waals surface area (Å²) in [5.74, 6) is 0.0137. The molecule has 1 aliphatic heterocycles. The molecule has 2 heterocycles. The molecule has 0 bridgehead atoms. The first-order valence-corrected chi connectivity index (χ1v) is 10.9. The normalized spacial score (nSPS) is 18.7. The van der Waals surface area contributed by atoms with E-state index in [-0.39, 0.29) is 44.6 Å². The van der Waals surface area contributed by atoms with Crippen molar-refractivity contribution in [2.45, 2.75) is 0 Å². The molecule has 0 unspecified atom stereocenters. The first kappa shape index (κ1) is 9.33. The van der Waals surface area contributed by atoms with E-state index >= 15 is 0 Å². The second-order valence-corrected chi connectivity index (χ2v) is 8.06. The Morgan fingerprint density at radius 3 is 2.14 bits per heavy atom. The van der Waals surface area contributed by atoms with Gasteiger partial charge in [-0.2, -0.15) is 0 Å². The first-order valence-electron chi connectivity index (χ1n) is 19.4. The Labute approximate surface area is 232 Å². The van der Waals surface area contributed by atoms with Crippen LogP contribution in [0.25, 0.3) is 60.5 Å². The monoisotopic (exact) mass is 476 g/mol. The van der Waals surface area contributed by atoms with Gasteiger partial charge in [0.15, 0.2) is 0 Å². The fourth-order valence-electron chi connectivity index (χ4n) is 4.74. The van der Waals surface area contributed by atoms with Crippen LogP contribution in [0.3, 0.4) is 0 Å². The van der Waals surface area contributed by atoms with Crippen LogP contribution in [0.1, 0.15) is 23.3 Å². The van der Waals surface area contributed by atoms with Crippen LogP contribution in [-0.2, 0) is 0 Å². The quantitative estimate of drug-likeness (QED) is 0.242. The predicted molar refractivity (Wildman–Crippen MR) is 149 cm³/mol. The van der Waals surface area contributed by atoms with Crippen molar-refractivity contribution in [1.82, 2.24) is 4.57 Å². The van der Waals surface area contributed by atoms with Gasteiger partial charge in [-0.1, -0.05) is 90.7 Å². The van der Waals surface area contributed by atoms with Gasteiger partial charge in [0.25, 0.3) is 0 Å². The zero-order valence-corrected chi connectivity index (χ0v) is 18.2. The van der Waals surface area contributed by atoms with E-state index in [1.807, 2.05) is 0 Å². The van der Waals surface area contributed by atoms with Crippen LogP contribution in [0.4, 0.5) is 0 Å². The van der Waals surface area contributed by atoms with Gasteiger partial charge >= 0.3 is 0 Å². The Kier molecular flexibility index (Phi) is 1.90. The van der Waals surface area contributed by atoms with Crippen LogP contribution in [0.15, 0.2) is 127 Å². The van der Waals surface area contributed by atoms with E-state index in [9.17, 15) is 2.74 Å². The van der Waals surface area contributed by atoms with Crippen LogP contribution >= 0.6 is 0 Å². The van der Waals surface area contributed by atoms with Gasteiger partial charge in [-0.3, -0.25) is 0 Å². The van der Waals surface area contributed by atoms with Crippen molar-refractivity contribution < 1.29 is 28.0 Å². The van der Waals surface area contributed by atoms with Crippen LogP contribution in [-0.4, -0.2) is 4.57 Å². The van der Waals surface area contributed by atoms with E-state index in [1.54, 1.807) is 24.3 Å². The van der Waals surface area contributed by atoms with Crippen LogP contribution in [0, 0.1) is 0 Å². The maximum atomic E-state index is 9.32. The van der Waals surface area contributed by atoms with E-state index in [2.05, 4.69) is 0 Å². The number of fused-ring (bicyclic) bond motifs is 5. The molecule has 0 fully saturated rings. The minimum atomic E-state index is -0.814. The number of hydrogen-bond donors (Lipinski definition) is 0. The van der Waals surface area contributed by atoms with Crippen molar-refractivity contribution in [3.05, 3.63) is 127 Å². The van der Waals surface area contributed by atoms with Gasteiger partial charge in [-0.15, -0.1) is 0 Å². The number of ether oxygens (including phenoxy) is 1. The fraction of sp³-hybridized carbons (Fsp3) is 0. The molecule has 168 valence electrons. The van der Waals surface area contributed by atoms with Crippen LogP contribution < -0.4 is 4.74 Å². The van der Waals surface area contributed by atoms with Crippen molar-refractivity contribution in [2.75, 3.05) is 0 Å². The fourth-order valence-corrected chi connectivity index (χ4v) is 4.74. The average Bonchev–Trinajstić information content (AvgIpc) is 3.49. The molecular weight excluding hydrogens is 438 g/mol. The maximum absolute atomic E-state index is 9.32. The van der Waals surface area contributed by atoms with Gasteiger partial charge in [0.05, 0.1) is 34.3 Å². The molecule has 8 rings (SSSR count). The summed E-state index contributed by atoms with van der Waals surface area (Å²) < 4.78 is 157. The SMILES string of the molecule is [2H]c1c([2H])c([2H])c(-n2c3c([2H])c([2H])c([2H])c([2H])c3c3c(-c4c([2H])c([2H])c5c6c(c([2H])c([2H])c([2H])c46)-c4ccccc4O5)c([2H])c([2H])c([2H])c32)c([2H])c1[2H]. The van der Waals surface area contributed by atoms with E-state index in [0.717, 1.165) is 4.57 Å². The van der Waals surface area contributed by atoms with Crippen molar-refractivity contribution in [3.63, 3.8) is 0 Å². The summed E-state index contributed by atoms with van der Waals surface area (Å²) in [4.78, 5) is 0. The molecule has 0 radical (unpaired) electrons. The highest BCUT2D eigenvalue weighted by Crippen LogP contribution is 2.49. The molecule has 6 aromatic carbocycles. The predicted octanol–water partition coefficient (Wildman–Crippen LogP) is 9.38. The zero-order chi connectivity index (χ0) is 38.4. The lowest BCUT2D eigenvalue weighted by atomic mass is 9.89. The number of nitrogens with zero attached hydrogens (tertiary/aromatic N) is 1. The molecule has 0 amide bonds. The minimum absolute atomic E-state index is 0.0176. The van der Waals surface area contributed by atoms with E-state index in [4.69, 9.17) is 25.3 Å². The van der Waals surface area contributed by atoms with Gasteiger partial charge in [-0.25, -0.2) is 0 Å². The highest BCUT2D eigenvalue weighted by molar-refractivity contribution is 6.19. The van der Waals surface area contributed by atoms with Crippen molar-refractivity contribution in [1.29, 1.82) is 0 Å². The number of rotatable bonds is 2. The summed E-state index contributed by atoms with van der Waals surface area (Å²) in [5, 5.41) is -0.992. The van der Waals surface area contributed by atoms with Gasteiger partial charge in [0, 0.05) is 27.4 Å². The summed E-state index contributed by atoms with van der Waals surface area (Å²) in [7, 11) is 0. The molecule has 0 N–H and O–H groups in total. The molecule has 1 aliphatic rings. The molecule has 0 atom stereocenters. The standard InChI is InChI=1S/C34H21NO/c1-2-10-22(11-3-1)35-29-17-6-4-13-28(29)33-25(16-9-18-30(33)35)23-20-21-32-34-26(23)14-8-15-27(34)24-12-5-7-19-31(24)36-32/h1-21H/i1D,2D,3D,4D,6D,8D,9D,10D,11D,13D,14D,15D,16D,17D,18D,20D,21D. The second-order valence-electron chi connectivity index (χ2n) is 8.06. The van der Waals surface area contributed by atoms with Gasteiger partial charge in [0.2, 0.25) is 0 Å². The highest BCUT2D eigenvalue weighted by atomic mass is 16.5. The highest BCUT2D eigenvalue weighted by Gasteiger charge is 2.22. The topological polar surface area (TPSA) is 14.2 Å². The second kappa shape index (κ2) is 7.34. The summed E-state index contributed by atoms with van der Waals surface area (Å²) in [6.45, 7) is 0. The number of benzene rings is 6. The smallest absolute Gasteiger partial charge is 0.135 e. The van der Waals surface area contributed by atoms with Crippen molar-refractivity contribution in [3.8, 4) is 39.4 Å². The van der Waals surface area contributed by atoms with Crippen LogP contribution in [0.2, 0.25) is 0 Å². The Morgan fingerprint density at radius 2 is 1.22 bits per heavy atom. The largest absolute Gasteiger partial charge is 0.456 e. The molecule has 36 heavy (non-hydrogen) atoms. The number of aromatic nitrogens is 1. The van der Waals surface area contributed by atoms with Gasteiger partial charge < -0.3 is 9.30 Å². The first-order chi connectivity index (χ1) is 24.9. The molecule has 2 heteroatoms. The number of para-hydroxylation sites is 3. The molecule has 0 spiro atoms. The van der Waals surface area contributed by atoms with Gasteiger partial charge in [0.1, 0.15) is 11.5 Å². The number of hydrogen-bond acceptors (Lipinski definition) is 1. The summed E-state index contributed by atoms with van der Waals surface area (Å²) >= 11 is 0.